The normalized spacial score (nSPS) is 13.0. The van der Waals surface area contributed by atoms with Crippen molar-refractivity contribution in [1.29, 1.82) is 0 Å². The second-order valence-electron chi connectivity index (χ2n) is 10.3. The Morgan fingerprint density at radius 1 is 1.02 bits per heavy atom. The fourth-order valence-corrected chi connectivity index (χ4v) is 5.50. The van der Waals surface area contributed by atoms with Crippen LogP contribution in [0.15, 0.2) is 71.4 Å². The van der Waals surface area contributed by atoms with Gasteiger partial charge >= 0.3 is 0 Å². The smallest absolute Gasteiger partial charge is 0.260 e. The predicted molar refractivity (Wildman–Crippen MR) is 161 cm³/mol. The lowest BCUT2D eigenvalue weighted by Gasteiger charge is -2.28. The van der Waals surface area contributed by atoms with Crippen LogP contribution in [0.1, 0.15) is 26.4 Å². The molecule has 2 amide bonds. The number of carbonyl (C=O) groups excluding carboxylic acids is 2. The maximum Gasteiger partial charge on any atom is 0.260 e. The Morgan fingerprint density at radius 3 is 2.42 bits per heavy atom. The third-order valence-corrected chi connectivity index (χ3v) is 8.57. The number of halogens is 2. The number of hydrogen-bond donors (Lipinski definition) is 1. The predicted octanol–water partition coefficient (Wildman–Crippen LogP) is 4.58. The first-order valence-corrected chi connectivity index (χ1v) is 15.3. The molecule has 5 aromatic rings. The van der Waals surface area contributed by atoms with Crippen molar-refractivity contribution < 1.29 is 35.9 Å². The van der Waals surface area contributed by atoms with Crippen molar-refractivity contribution in [3.8, 4) is 28.3 Å². The van der Waals surface area contributed by atoms with E-state index in [2.05, 4.69) is 15.3 Å². The van der Waals surface area contributed by atoms with Crippen molar-refractivity contribution in [3.05, 3.63) is 95.4 Å². The number of sulfonamides is 1. The maximum atomic E-state index is 13.7. The zero-order valence-corrected chi connectivity index (χ0v) is 25.0. The number of nitrogens with one attached hydrogen (secondary N) is 1. The lowest BCUT2D eigenvalue weighted by Crippen LogP contribution is -2.38. The van der Waals surface area contributed by atoms with Gasteiger partial charge in [-0.3, -0.25) is 28.8 Å². The molecule has 0 spiro atoms. The summed E-state index contributed by atoms with van der Waals surface area (Å²) in [6.07, 6.45) is 3.45. The van der Waals surface area contributed by atoms with Gasteiger partial charge in [0.15, 0.2) is 12.5 Å². The quantitative estimate of drug-likeness (QED) is 0.275. The van der Waals surface area contributed by atoms with Crippen molar-refractivity contribution in [1.82, 2.24) is 20.2 Å². The molecule has 14 heteroatoms. The van der Waals surface area contributed by atoms with E-state index in [4.69, 9.17) is 9.15 Å². The molecule has 0 fully saturated rings. The Labute approximate surface area is 256 Å². The Hall–Kier alpha value is -5.37. The number of benzene rings is 2. The van der Waals surface area contributed by atoms with Crippen molar-refractivity contribution in [2.45, 2.75) is 6.54 Å². The molecule has 4 heterocycles. The topological polar surface area (TPSA) is 135 Å². The zero-order valence-electron chi connectivity index (χ0n) is 24.2. The molecular formula is C31H25F2N5O6S. The number of amides is 2. The summed E-state index contributed by atoms with van der Waals surface area (Å²) in [4.78, 5) is 36.6. The van der Waals surface area contributed by atoms with Crippen molar-refractivity contribution in [2.75, 3.05) is 31.4 Å². The third kappa shape index (κ3) is 5.55. The van der Waals surface area contributed by atoms with E-state index in [0.29, 0.717) is 16.6 Å². The number of fused-ring (bicyclic) bond motifs is 2. The zero-order chi connectivity index (χ0) is 32.0. The highest BCUT2D eigenvalue weighted by atomic mass is 32.2. The van der Waals surface area contributed by atoms with E-state index >= 15 is 0 Å². The van der Waals surface area contributed by atoms with Crippen LogP contribution >= 0.6 is 0 Å². The SMILES string of the molecule is CNC(=O)c1c(-c2ccc(F)cc2)oc2cc(N(C)S(C)(=O)=O)c(-c3cc4c(cn3)OCN(Cc3ccc(F)cn3)C4=O)cc12. The molecule has 0 atom stereocenters. The first-order chi connectivity index (χ1) is 21.4. The Balaban J connectivity index is 1.51. The second-order valence-corrected chi connectivity index (χ2v) is 12.3. The molecular weight excluding hydrogens is 608 g/mol. The van der Waals surface area contributed by atoms with Gasteiger partial charge in [0.2, 0.25) is 10.0 Å². The molecule has 230 valence electrons. The summed E-state index contributed by atoms with van der Waals surface area (Å²) in [5.41, 5.74) is 2.03. The first-order valence-electron chi connectivity index (χ1n) is 13.5. The average molecular weight is 634 g/mol. The molecule has 3 aromatic heterocycles. The number of furan rings is 1. The lowest BCUT2D eigenvalue weighted by molar-refractivity contribution is 0.0493. The van der Waals surface area contributed by atoms with E-state index in [-0.39, 0.29) is 58.4 Å². The highest BCUT2D eigenvalue weighted by Crippen LogP contribution is 2.41. The fourth-order valence-electron chi connectivity index (χ4n) is 4.99. The second kappa shape index (κ2) is 11.3. The molecule has 11 nitrogen and oxygen atoms in total. The number of pyridine rings is 2. The van der Waals surface area contributed by atoms with Gasteiger partial charge in [-0.1, -0.05) is 0 Å². The standard InChI is InChI=1S/C31H25F2N5O6S/c1-34-30(39)28-22-10-21(25(37(2)45(3,41)42)12-26(22)44-29(28)17-4-6-18(32)7-5-17)24-11-23-27(14-36-24)43-16-38(31(23)40)15-20-9-8-19(33)13-35-20/h4-14H,15-16H2,1-3H3,(H,34,39). The summed E-state index contributed by atoms with van der Waals surface area (Å²) in [5.74, 6) is -1.50. The van der Waals surface area contributed by atoms with Gasteiger partial charge in [-0.25, -0.2) is 17.2 Å². The molecule has 0 aliphatic carbocycles. The van der Waals surface area contributed by atoms with E-state index in [1.54, 1.807) is 6.07 Å². The molecule has 1 aliphatic heterocycles. The van der Waals surface area contributed by atoms with E-state index in [1.165, 1.54) is 73.7 Å². The summed E-state index contributed by atoms with van der Waals surface area (Å²) in [5, 5.41) is 2.92. The third-order valence-electron chi connectivity index (χ3n) is 7.38. The Kier molecular flexibility index (Phi) is 7.44. The van der Waals surface area contributed by atoms with E-state index in [1.807, 2.05) is 0 Å². The number of carbonyl (C=O) groups is 2. The van der Waals surface area contributed by atoms with Crippen molar-refractivity contribution in [2.24, 2.45) is 0 Å². The summed E-state index contributed by atoms with van der Waals surface area (Å²) in [6.45, 7) is -0.0302. The van der Waals surface area contributed by atoms with Gasteiger partial charge < -0.3 is 14.5 Å². The molecule has 0 bridgehead atoms. The average Bonchev–Trinajstić information content (AvgIpc) is 3.40. The minimum atomic E-state index is -3.80. The molecule has 0 saturated carbocycles. The lowest BCUT2D eigenvalue weighted by atomic mass is 9.99. The Bertz CT molecular complexity index is 2080. The highest BCUT2D eigenvalue weighted by Gasteiger charge is 2.30. The number of rotatable bonds is 7. The van der Waals surface area contributed by atoms with Gasteiger partial charge in [0.1, 0.15) is 23.0 Å². The monoisotopic (exact) mass is 633 g/mol. The summed E-state index contributed by atoms with van der Waals surface area (Å²) >= 11 is 0. The number of hydrogen-bond acceptors (Lipinski definition) is 8. The molecule has 0 saturated heterocycles. The molecule has 1 N–H and O–H groups in total. The van der Waals surface area contributed by atoms with Crippen LogP contribution in [0.3, 0.4) is 0 Å². The van der Waals surface area contributed by atoms with Crippen LogP contribution in [0.4, 0.5) is 14.5 Å². The minimum Gasteiger partial charge on any atom is -0.471 e. The molecule has 0 radical (unpaired) electrons. The van der Waals surface area contributed by atoms with Crippen LogP contribution < -0.4 is 14.4 Å². The molecule has 2 aromatic carbocycles. The van der Waals surface area contributed by atoms with E-state index in [9.17, 15) is 26.8 Å². The van der Waals surface area contributed by atoms with Crippen LogP contribution in [-0.4, -0.2) is 62.2 Å². The Morgan fingerprint density at radius 2 is 1.76 bits per heavy atom. The van der Waals surface area contributed by atoms with Crippen LogP contribution in [0.5, 0.6) is 5.75 Å². The van der Waals surface area contributed by atoms with Gasteiger partial charge in [0.25, 0.3) is 11.8 Å². The number of nitrogens with zero attached hydrogens (tertiary/aromatic N) is 4. The van der Waals surface area contributed by atoms with Gasteiger partial charge in [0, 0.05) is 36.7 Å². The van der Waals surface area contributed by atoms with E-state index < -0.39 is 33.5 Å². The van der Waals surface area contributed by atoms with Crippen LogP contribution in [-0.2, 0) is 16.6 Å². The minimum absolute atomic E-state index is 0.0565. The van der Waals surface area contributed by atoms with Crippen LogP contribution in [0, 0.1) is 11.6 Å². The number of anilines is 1. The summed E-state index contributed by atoms with van der Waals surface area (Å²) in [6, 6.07) is 12.6. The number of aromatic nitrogens is 2. The summed E-state index contributed by atoms with van der Waals surface area (Å²) in [7, 11) is -0.996. The van der Waals surface area contributed by atoms with Crippen LogP contribution in [0.25, 0.3) is 33.6 Å². The molecule has 1 aliphatic rings. The summed E-state index contributed by atoms with van der Waals surface area (Å²) < 4.78 is 65.4. The first kappa shape index (κ1) is 29.7. The maximum absolute atomic E-state index is 13.7. The fraction of sp³-hybridized carbons (Fsp3) is 0.161. The van der Waals surface area contributed by atoms with Gasteiger partial charge in [-0.05, 0) is 48.5 Å². The van der Waals surface area contributed by atoms with Crippen molar-refractivity contribution in [3.63, 3.8) is 0 Å². The van der Waals surface area contributed by atoms with Crippen molar-refractivity contribution >= 4 is 38.5 Å². The van der Waals surface area contributed by atoms with Gasteiger partial charge in [-0.2, -0.15) is 0 Å². The molecule has 45 heavy (non-hydrogen) atoms. The largest absolute Gasteiger partial charge is 0.471 e. The highest BCUT2D eigenvalue weighted by molar-refractivity contribution is 7.92. The van der Waals surface area contributed by atoms with E-state index in [0.717, 1.165) is 16.8 Å². The van der Waals surface area contributed by atoms with Gasteiger partial charge in [0.05, 0.1) is 53.4 Å². The van der Waals surface area contributed by atoms with Gasteiger partial charge in [-0.15, -0.1) is 0 Å². The molecule has 6 rings (SSSR count). The van der Waals surface area contributed by atoms with Crippen LogP contribution in [0.2, 0.25) is 0 Å². The number of ether oxygens (including phenoxy) is 1. The molecule has 0 unspecified atom stereocenters.